The van der Waals surface area contributed by atoms with E-state index in [1.165, 1.54) is 0 Å². The van der Waals surface area contributed by atoms with E-state index < -0.39 is 38.7 Å². The molecule has 0 bridgehead atoms. The second-order valence-electron chi connectivity index (χ2n) is 2.34. The molecule has 0 aromatic carbocycles. The monoisotopic (exact) mass is 332 g/mol. The smallest absolute Gasteiger partial charge is 0.255 e. The molecule has 20 heavy (non-hydrogen) atoms. The lowest BCUT2D eigenvalue weighted by Crippen LogP contribution is -2.13. The van der Waals surface area contributed by atoms with Gasteiger partial charge in [0, 0.05) is 6.42 Å². The summed E-state index contributed by atoms with van der Waals surface area (Å²) in [4.78, 5) is 5.10. The Morgan fingerprint density at radius 2 is 1.15 bits per heavy atom. The molecule has 2 nitrogen and oxygen atoms in total. The molecule has 0 saturated heterocycles. The summed E-state index contributed by atoms with van der Waals surface area (Å²) in [6.07, 6.45) is -9.23. The van der Waals surface area contributed by atoms with Crippen LogP contribution in [0, 0.1) is 0 Å². The summed E-state index contributed by atoms with van der Waals surface area (Å²) < 4.78 is 105. The molecule has 0 saturated carbocycles. The van der Waals surface area contributed by atoms with Crippen LogP contribution in [0.4, 0.5) is 44.2 Å². The van der Waals surface area contributed by atoms with Crippen molar-refractivity contribution >= 4 is 0 Å². The molecule has 0 amide bonds. The lowest BCUT2D eigenvalue weighted by molar-refractivity contribution is -0.245. The van der Waals surface area contributed by atoms with Crippen LogP contribution in [0.15, 0.2) is 0 Å². The molecule has 0 aromatic rings. The Kier molecular flexibility index (Phi) is 25.1. The van der Waals surface area contributed by atoms with E-state index in [1.54, 1.807) is 0 Å². The minimum absolute atomic E-state index is 0.444. The van der Waals surface area contributed by atoms with Crippen LogP contribution in [-0.2, 0) is 9.88 Å². The molecule has 0 N–H and O–H groups in total. The molecule has 0 rings (SSSR count). The van der Waals surface area contributed by atoms with Crippen molar-refractivity contribution in [3.63, 3.8) is 0 Å². The van der Waals surface area contributed by atoms with Crippen molar-refractivity contribution < 1.29 is 54.1 Å². The second-order valence-corrected chi connectivity index (χ2v) is 2.34. The topological polar surface area (TPSA) is 18.5 Å². The summed E-state index contributed by atoms with van der Waals surface area (Å²) >= 11 is 0. The fraction of sp³-hybridized carbons (Fsp3) is 1.00. The maximum atomic E-state index is 10.8. The van der Waals surface area contributed by atoms with Gasteiger partial charge in [0.1, 0.15) is 13.3 Å². The van der Waals surface area contributed by atoms with Crippen LogP contribution in [-0.4, -0.2) is 39.4 Å². The number of hydrogen-bond acceptors (Lipinski definition) is 2. The molecule has 12 heteroatoms. The van der Waals surface area contributed by atoms with Crippen LogP contribution >= 0.6 is 0 Å². The third-order valence-electron chi connectivity index (χ3n) is 0.773. The summed E-state index contributed by atoms with van der Waals surface area (Å²) in [6.45, 7) is -1.94. The van der Waals surface area contributed by atoms with Gasteiger partial charge in [-0.3, -0.25) is 4.39 Å². The van der Waals surface area contributed by atoms with Gasteiger partial charge in [-0.1, -0.05) is 6.92 Å². The Morgan fingerprint density at radius 3 is 1.15 bits per heavy atom. The van der Waals surface area contributed by atoms with Gasteiger partial charge in [0.2, 0.25) is 0 Å². The minimum Gasteiger partial charge on any atom is -0.255 e. The van der Waals surface area contributed by atoms with E-state index in [0.717, 1.165) is 6.92 Å². The molecule has 0 spiro atoms. The van der Waals surface area contributed by atoms with Gasteiger partial charge in [-0.25, -0.2) is 4.39 Å². The van der Waals surface area contributed by atoms with E-state index in [-0.39, 0.29) is 0 Å². The Morgan fingerprint density at radius 1 is 0.800 bits per heavy atom. The maximum absolute atomic E-state index is 10.8. The molecule has 0 fully saturated rings. The van der Waals surface area contributed by atoms with Crippen molar-refractivity contribution in [2.75, 3.05) is 27.1 Å². The first-order valence-corrected chi connectivity index (χ1v) is 4.58. The summed E-state index contributed by atoms with van der Waals surface area (Å²) in [5.41, 5.74) is 0. The fourth-order valence-electron chi connectivity index (χ4n) is 0.0910. The van der Waals surface area contributed by atoms with E-state index in [2.05, 4.69) is 9.88 Å². The van der Waals surface area contributed by atoms with Crippen molar-refractivity contribution in [1.82, 2.24) is 0 Å². The van der Waals surface area contributed by atoms with Gasteiger partial charge in [-0.05, 0) is 9.05 Å². The van der Waals surface area contributed by atoms with Gasteiger partial charge < -0.3 is 0 Å². The summed E-state index contributed by atoms with van der Waals surface area (Å²) in [5, 5.41) is 0. The standard InChI is InChI=1S/C3H5F3.C2H2F4O.C2H4F2O.CH3F/c1-2-3(4,5)6;3-2(4,5)1-7-6;3-1-2-5-4;1-2/h2H2,1H3;1H2;1-2H2;1H3. The Balaban J connectivity index is -0.0000000913. The van der Waals surface area contributed by atoms with Crippen molar-refractivity contribution in [2.45, 2.75) is 25.7 Å². The van der Waals surface area contributed by atoms with Crippen LogP contribution < -0.4 is 0 Å². The Labute approximate surface area is 108 Å². The zero-order chi connectivity index (χ0) is 17.2. The van der Waals surface area contributed by atoms with Gasteiger partial charge in [0.25, 0.3) is 0 Å². The van der Waals surface area contributed by atoms with Crippen molar-refractivity contribution in [2.24, 2.45) is 0 Å². The van der Waals surface area contributed by atoms with Crippen LogP contribution in [0.2, 0.25) is 0 Å². The van der Waals surface area contributed by atoms with Crippen molar-refractivity contribution in [3.05, 3.63) is 0 Å². The number of halogens is 10. The molecular formula is C8H14F10O2. The second kappa shape index (κ2) is 18.2. The molecule has 0 radical (unpaired) electrons. The van der Waals surface area contributed by atoms with Gasteiger partial charge in [-0.2, -0.15) is 36.2 Å². The number of rotatable bonds is 3. The summed E-state index contributed by atoms with van der Waals surface area (Å²) in [5.74, 6) is 0. The SMILES string of the molecule is CCC(F)(F)F.CF.FCCOF.FOCC(F)(F)F. The normalized spacial score (nSPS) is 10.2. The van der Waals surface area contributed by atoms with Gasteiger partial charge in [0.15, 0.2) is 6.61 Å². The molecular weight excluding hydrogens is 318 g/mol. The zero-order valence-corrected chi connectivity index (χ0v) is 10.4. The van der Waals surface area contributed by atoms with Gasteiger partial charge in [0.05, 0.1) is 7.18 Å². The van der Waals surface area contributed by atoms with E-state index in [9.17, 15) is 44.2 Å². The van der Waals surface area contributed by atoms with Crippen LogP contribution in [0.3, 0.4) is 0 Å². The molecule has 0 atom stereocenters. The van der Waals surface area contributed by atoms with Crippen molar-refractivity contribution in [1.29, 1.82) is 0 Å². The molecule has 0 aliphatic rings. The van der Waals surface area contributed by atoms with E-state index in [1.807, 2.05) is 0 Å². The first-order chi connectivity index (χ1) is 9.04. The van der Waals surface area contributed by atoms with Gasteiger partial charge in [-0.15, -0.1) is 0 Å². The fourth-order valence-corrected chi connectivity index (χ4v) is 0.0910. The lowest BCUT2D eigenvalue weighted by atomic mass is 10.5. The minimum atomic E-state index is -4.55. The molecule has 0 aliphatic carbocycles. The maximum Gasteiger partial charge on any atom is 0.415 e. The molecule has 0 aromatic heterocycles. The van der Waals surface area contributed by atoms with Crippen molar-refractivity contribution in [3.8, 4) is 0 Å². The third-order valence-corrected chi connectivity index (χ3v) is 0.773. The first-order valence-electron chi connectivity index (χ1n) is 4.58. The third kappa shape index (κ3) is 67.0. The van der Waals surface area contributed by atoms with Crippen LogP contribution in [0.25, 0.3) is 0 Å². The molecule has 128 valence electrons. The van der Waals surface area contributed by atoms with E-state index in [4.69, 9.17) is 0 Å². The van der Waals surface area contributed by atoms with Crippen LogP contribution in [0.1, 0.15) is 13.3 Å². The van der Waals surface area contributed by atoms with Gasteiger partial charge >= 0.3 is 12.4 Å². The van der Waals surface area contributed by atoms with E-state index >= 15 is 0 Å². The summed E-state index contributed by atoms with van der Waals surface area (Å²) in [6, 6.07) is 0. The number of alkyl halides is 8. The first kappa shape index (κ1) is 27.5. The van der Waals surface area contributed by atoms with E-state index in [0.29, 0.717) is 7.18 Å². The Hall–Kier alpha value is -0.780. The lowest BCUT2D eigenvalue weighted by Gasteiger charge is -1.97. The molecule has 0 heterocycles. The highest BCUT2D eigenvalue weighted by atomic mass is 19.4. The summed E-state index contributed by atoms with van der Waals surface area (Å²) in [7, 11) is 0.500. The predicted molar refractivity (Wildman–Crippen MR) is 49.5 cm³/mol. The highest BCUT2D eigenvalue weighted by molar-refractivity contribution is 4.40. The largest absolute Gasteiger partial charge is 0.415 e. The molecule has 0 aliphatic heterocycles. The predicted octanol–water partition coefficient (Wildman–Crippen LogP) is 4.85. The highest BCUT2D eigenvalue weighted by Crippen LogP contribution is 2.17. The van der Waals surface area contributed by atoms with Crippen LogP contribution in [0.5, 0.6) is 0 Å². The quantitative estimate of drug-likeness (QED) is 0.688. The average molecular weight is 332 g/mol. The number of hydrogen-bond donors (Lipinski definition) is 0. The highest BCUT2D eigenvalue weighted by Gasteiger charge is 2.27. The zero-order valence-electron chi connectivity index (χ0n) is 10.4. The molecule has 0 unspecified atom stereocenters. The average Bonchev–Trinajstić information content (AvgIpc) is 2.32. The Bertz CT molecular complexity index is 156.